The number of aliphatic hydroxyl groups excluding tert-OH is 1. The van der Waals surface area contributed by atoms with E-state index in [-0.39, 0.29) is 24.6 Å². The summed E-state index contributed by atoms with van der Waals surface area (Å²) >= 11 is 0. The van der Waals surface area contributed by atoms with Gasteiger partial charge in [-0.25, -0.2) is 15.0 Å². The summed E-state index contributed by atoms with van der Waals surface area (Å²) in [6.45, 7) is 0.576. The molecule has 33 heavy (non-hydrogen) atoms. The molecule has 0 unspecified atom stereocenters. The van der Waals surface area contributed by atoms with Crippen molar-refractivity contribution in [2.24, 2.45) is 0 Å². The number of aliphatic hydroxyl groups is 1. The normalized spacial score (nSPS) is 10.2. The molecule has 0 spiro atoms. The number of pyridine rings is 1. The highest BCUT2D eigenvalue weighted by Crippen LogP contribution is 2.27. The number of carbonyl (C=O) groups is 1. The number of rotatable bonds is 10. The molecule has 0 fully saturated rings. The topological polar surface area (TPSA) is 179 Å². The van der Waals surface area contributed by atoms with Crippen LogP contribution in [0.15, 0.2) is 48.8 Å². The van der Waals surface area contributed by atoms with E-state index in [2.05, 4.69) is 30.9 Å². The van der Waals surface area contributed by atoms with Crippen LogP contribution in [0.25, 0.3) is 11.3 Å². The van der Waals surface area contributed by atoms with Gasteiger partial charge in [0, 0.05) is 24.7 Å². The number of nitriles is 1. The number of amides is 1. The van der Waals surface area contributed by atoms with E-state index in [0.717, 1.165) is 0 Å². The zero-order valence-electron chi connectivity index (χ0n) is 17.4. The average Bonchev–Trinajstić information content (AvgIpc) is 2.83. The standard InChI is InChI=1S/C21H20N8O4/c22-11-14-1-3-15(4-2-14)20-17(27-19(31)7-10-30)13-26-21(28-20)24-9-8-23-18-6-5-16(12-25-18)29(32)33/h1-6,12-13,30H,7-10H2,(H,23,25)(H,27,31)(H,24,26,28). The molecule has 0 saturated carbocycles. The molecule has 1 amide bonds. The molecule has 12 nitrogen and oxygen atoms in total. The molecular formula is C21H20N8O4. The number of anilines is 3. The molecule has 0 bridgehead atoms. The monoisotopic (exact) mass is 448 g/mol. The Kier molecular flexibility index (Phi) is 7.76. The number of nitrogens with one attached hydrogen (secondary N) is 3. The molecule has 0 aliphatic carbocycles. The van der Waals surface area contributed by atoms with Crippen molar-refractivity contribution in [1.82, 2.24) is 15.0 Å². The summed E-state index contributed by atoms with van der Waals surface area (Å²) in [5.74, 6) is 0.424. The van der Waals surface area contributed by atoms with Crippen molar-refractivity contribution in [3.63, 3.8) is 0 Å². The zero-order valence-corrected chi connectivity index (χ0v) is 17.4. The molecule has 168 valence electrons. The van der Waals surface area contributed by atoms with Gasteiger partial charge in [0.05, 0.1) is 47.2 Å². The van der Waals surface area contributed by atoms with Gasteiger partial charge in [-0.1, -0.05) is 12.1 Å². The third-order valence-corrected chi connectivity index (χ3v) is 4.36. The first-order valence-corrected chi connectivity index (χ1v) is 9.86. The van der Waals surface area contributed by atoms with Crippen LogP contribution in [0.3, 0.4) is 0 Å². The van der Waals surface area contributed by atoms with Crippen molar-refractivity contribution in [2.45, 2.75) is 6.42 Å². The van der Waals surface area contributed by atoms with E-state index in [9.17, 15) is 14.9 Å². The third-order valence-electron chi connectivity index (χ3n) is 4.36. The first-order valence-electron chi connectivity index (χ1n) is 9.86. The maximum atomic E-state index is 11.9. The molecule has 4 N–H and O–H groups in total. The smallest absolute Gasteiger partial charge is 0.287 e. The second kappa shape index (κ2) is 11.1. The molecule has 0 aliphatic rings. The fourth-order valence-corrected chi connectivity index (χ4v) is 2.76. The molecule has 0 aliphatic heterocycles. The fourth-order valence-electron chi connectivity index (χ4n) is 2.76. The lowest BCUT2D eigenvalue weighted by Crippen LogP contribution is -2.17. The maximum Gasteiger partial charge on any atom is 0.287 e. The van der Waals surface area contributed by atoms with Crippen molar-refractivity contribution in [1.29, 1.82) is 5.26 Å². The summed E-state index contributed by atoms with van der Waals surface area (Å²) in [4.78, 5) is 34.8. The molecule has 2 aromatic heterocycles. The van der Waals surface area contributed by atoms with Crippen LogP contribution >= 0.6 is 0 Å². The fraction of sp³-hybridized carbons (Fsp3) is 0.190. The maximum absolute atomic E-state index is 11.9. The molecule has 2 heterocycles. The summed E-state index contributed by atoms with van der Waals surface area (Å²) < 4.78 is 0. The minimum Gasteiger partial charge on any atom is -0.396 e. The van der Waals surface area contributed by atoms with E-state index in [0.29, 0.717) is 47.4 Å². The van der Waals surface area contributed by atoms with Crippen molar-refractivity contribution in [2.75, 3.05) is 35.6 Å². The van der Waals surface area contributed by atoms with Crippen LogP contribution in [-0.2, 0) is 4.79 Å². The average molecular weight is 448 g/mol. The van der Waals surface area contributed by atoms with Crippen LogP contribution in [0, 0.1) is 21.4 Å². The van der Waals surface area contributed by atoms with Gasteiger partial charge in [-0.15, -0.1) is 0 Å². The van der Waals surface area contributed by atoms with Crippen molar-refractivity contribution < 1.29 is 14.8 Å². The van der Waals surface area contributed by atoms with Crippen LogP contribution in [0.4, 0.5) is 23.1 Å². The Hall–Kier alpha value is -4.63. The van der Waals surface area contributed by atoms with Crippen molar-refractivity contribution in [3.05, 3.63) is 64.5 Å². The van der Waals surface area contributed by atoms with Gasteiger partial charge < -0.3 is 21.1 Å². The van der Waals surface area contributed by atoms with Crippen LogP contribution in [-0.4, -0.2) is 50.6 Å². The van der Waals surface area contributed by atoms with Gasteiger partial charge in [0.15, 0.2) is 0 Å². The van der Waals surface area contributed by atoms with Crippen LogP contribution in [0.5, 0.6) is 0 Å². The van der Waals surface area contributed by atoms with E-state index < -0.39 is 4.92 Å². The summed E-state index contributed by atoms with van der Waals surface area (Å²) in [6.07, 6.45) is 2.57. The minimum absolute atomic E-state index is 0.0604. The summed E-state index contributed by atoms with van der Waals surface area (Å²) in [5, 5.41) is 37.4. The summed E-state index contributed by atoms with van der Waals surface area (Å²) in [7, 11) is 0. The molecule has 3 aromatic rings. The highest BCUT2D eigenvalue weighted by Gasteiger charge is 2.13. The molecule has 0 saturated heterocycles. The first-order chi connectivity index (χ1) is 16.0. The van der Waals surface area contributed by atoms with Crippen molar-refractivity contribution in [3.8, 4) is 17.3 Å². The summed E-state index contributed by atoms with van der Waals surface area (Å²) in [6, 6.07) is 11.6. The largest absolute Gasteiger partial charge is 0.396 e. The molecule has 0 atom stereocenters. The lowest BCUT2D eigenvalue weighted by molar-refractivity contribution is -0.385. The molecule has 12 heteroatoms. The zero-order chi connectivity index (χ0) is 23.6. The van der Waals surface area contributed by atoms with Gasteiger partial charge >= 0.3 is 0 Å². The Balaban J connectivity index is 1.69. The number of hydrogen-bond donors (Lipinski definition) is 4. The number of nitrogens with zero attached hydrogens (tertiary/aromatic N) is 5. The van der Waals surface area contributed by atoms with Gasteiger partial charge in [-0.05, 0) is 18.2 Å². The van der Waals surface area contributed by atoms with E-state index in [1.807, 2.05) is 6.07 Å². The predicted octanol–water partition coefficient (Wildman–Crippen LogP) is 2.16. The van der Waals surface area contributed by atoms with E-state index >= 15 is 0 Å². The second-order valence-corrected chi connectivity index (χ2v) is 6.68. The Labute approximate surface area is 188 Å². The predicted molar refractivity (Wildman–Crippen MR) is 120 cm³/mol. The highest BCUT2D eigenvalue weighted by atomic mass is 16.6. The molecule has 3 rings (SSSR count). The van der Waals surface area contributed by atoms with Gasteiger partial charge in [0.2, 0.25) is 11.9 Å². The number of nitro groups is 1. The SMILES string of the molecule is N#Cc1ccc(-c2nc(NCCNc3ccc([N+](=O)[O-])cn3)ncc2NC(=O)CCO)cc1. The van der Waals surface area contributed by atoms with E-state index in [1.54, 1.807) is 24.3 Å². The Bertz CT molecular complexity index is 1160. The second-order valence-electron chi connectivity index (χ2n) is 6.68. The number of carbonyl (C=O) groups excluding carboxylic acids is 1. The van der Waals surface area contributed by atoms with Crippen molar-refractivity contribution >= 4 is 29.0 Å². The van der Waals surface area contributed by atoms with Gasteiger partial charge in [0.1, 0.15) is 12.0 Å². The van der Waals surface area contributed by atoms with Crippen LogP contribution in [0.1, 0.15) is 12.0 Å². The Morgan fingerprint density at radius 2 is 1.85 bits per heavy atom. The third kappa shape index (κ3) is 6.42. The van der Waals surface area contributed by atoms with Crippen LogP contribution in [0.2, 0.25) is 0 Å². The number of aromatic nitrogens is 3. The lowest BCUT2D eigenvalue weighted by atomic mass is 10.1. The number of hydrogen-bond acceptors (Lipinski definition) is 10. The Morgan fingerprint density at radius 3 is 2.48 bits per heavy atom. The quantitative estimate of drug-likeness (QED) is 0.204. The van der Waals surface area contributed by atoms with E-state index in [1.165, 1.54) is 24.5 Å². The Morgan fingerprint density at radius 1 is 1.09 bits per heavy atom. The number of benzene rings is 1. The molecular weight excluding hydrogens is 428 g/mol. The highest BCUT2D eigenvalue weighted by molar-refractivity contribution is 5.94. The van der Waals surface area contributed by atoms with Gasteiger partial charge in [-0.3, -0.25) is 14.9 Å². The van der Waals surface area contributed by atoms with Gasteiger partial charge in [-0.2, -0.15) is 5.26 Å². The van der Waals surface area contributed by atoms with Gasteiger partial charge in [0.25, 0.3) is 5.69 Å². The molecule has 0 radical (unpaired) electrons. The summed E-state index contributed by atoms with van der Waals surface area (Å²) in [5.41, 5.74) is 1.90. The molecule has 1 aromatic carbocycles. The minimum atomic E-state index is -0.517. The first kappa shape index (κ1) is 23.0. The van der Waals surface area contributed by atoms with Crippen LogP contribution < -0.4 is 16.0 Å². The lowest BCUT2D eigenvalue weighted by Gasteiger charge is -2.13. The van der Waals surface area contributed by atoms with E-state index in [4.69, 9.17) is 10.4 Å².